The molecule has 0 aliphatic carbocycles. The Kier molecular flexibility index (Phi) is 2.04. The van der Waals surface area contributed by atoms with Gasteiger partial charge in [0.15, 0.2) is 6.54 Å². The van der Waals surface area contributed by atoms with Gasteiger partial charge in [-0.3, -0.25) is 5.84 Å². The van der Waals surface area contributed by atoms with Gasteiger partial charge in [-0.15, -0.1) is 0 Å². The van der Waals surface area contributed by atoms with Crippen molar-refractivity contribution in [2.45, 2.75) is 0 Å². The Labute approximate surface area is 77.2 Å². The molecule has 4 heteroatoms. The molecule has 1 aromatic carbocycles. The van der Waals surface area contributed by atoms with Gasteiger partial charge in [-0.05, 0) is 12.1 Å². The van der Waals surface area contributed by atoms with Crippen molar-refractivity contribution < 1.29 is 4.68 Å². The normalized spacial score (nSPS) is 15.7. The van der Waals surface area contributed by atoms with Crippen LogP contribution in [-0.4, -0.2) is 29.1 Å². The molecule has 1 aromatic rings. The first-order valence-corrected chi connectivity index (χ1v) is 4.29. The molecule has 1 aliphatic heterocycles. The third-order valence-electron chi connectivity index (χ3n) is 1.93. The van der Waals surface area contributed by atoms with Gasteiger partial charge in [0.05, 0.1) is 5.69 Å². The maximum Gasteiger partial charge on any atom is 0.280 e. The molecule has 1 aliphatic rings. The zero-order valence-corrected chi connectivity index (χ0v) is 7.35. The van der Waals surface area contributed by atoms with Gasteiger partial charge in [-0.25, -0.2) is 5.43 Å². The maximum absolute atomic E-state index is 5.57. The van der Waals surface area contributed by atoms with Gasteiger partial charge in [0.2, 0.25) is 0 Å². The minimum Gasteiger partial charge on any atom is -0.274 e. The Morgan fingerprint density at radius 2 is 2.08 bits per heavy atom. The van der Waals surface area contributed by atoms with Crippen LogP contribution in [0.3, 0.4) is 0 Å². The van der Waals surface area contributed by atoms with Gasteiger partial charge in [0.25, 0.3) is 6.34 Å². The molecule has 0 atom stereocenters. The number of hydrogen-bond donors (Lipinski definition) is 2. The van der Waals surface area contributed by atoms with E-state index < -0.39 is 0 Å². The Bertz CT molecular complexity index is 307. The molecule has 1 heterocycles. The minimum atomic E-state index is 0.861. The summed E-state index contributed by atoms with van der Waals surface area (Å²) in [5.74, 6) is 5.57. The highest BCUT2D eigenvalue weighted by Crippen LogP contribution is 2.06. The minimum absolute atomic E-state index is 0.861. The van der Waals surface area contributed by atoms with Crippen molar-refractivity contribution in [2.24, 2.45) is 5.84 Å². The Hall–Kier alpha value is -1.71. The van der Waals surface area contributed by atoms with E-state index in [-0.39, 0.29) is 0 Å². The van der Waals surface area contributed by atoms with Crippen molar-refractivity contribution in [1.82, 2.24) is 5.01 Å². The summed E-state index contributed by atoms with van der Waals surface area (Å²) in [5.41, 5.74) is 4.31. The summed E-state index contributed by atoms with van der Waals surface area (Å²) in [6.45, 7) is 1.77. The number of para-hydroxylation sites is 1. The lowest BCUT2D eigenvalue weighted by Crippen LogP contribution is -2.26. The number of hydrazine groups is 2. The monoisotopic (exact) mass is 177 g/mol. The lowest BCUT2D eigenvalue weighted by Gasteiger charge is -2.08. The fourth-order valence-electron chi connectivity index (χ4n) is 1.28. The van der Waals surface area contributed by atoms with Crippen molar-refractivity contribution in [3.63, 3.8) is 0 Å². The predicted octanol–water partition coefficient (Wildman–Crippen LogP) is 0.244. The number of hydrazone groups is 1. The molecule has 3 N–H and O–H groups in total. The summed E-state index contributed by atoms with van der Waals surface area (Å²) in [4.78, 5) is 0. The van der Waals surface area contributed by atoms with Crippen molar-refractivity contribution >= 4 is 12.0 Å². The summed E-state index contributed by atoms with van der Waals surface area (Å²) in [6, 6.07) is 10.0. The van der Waals surface area contributed by atoms with Gasteiger partial charge in [0.1, 0.15) is 6.54 Å². The molecular formula is C9H13N4+. The zero-order chi connectivity index (χ0) is 9.10. The van der Waals surface area contributed by atoms with E-state index in [9.17, 15) is 0 Å². The van der Waals surface area contributed by atoms with E-state index in [1.165, 1.54) is 0 Å². The molecule has 13 heavy (non-hydrogen) atoms. The first kappa shape index (κ1) is 7.91. The quantitative estimate of drug-likeness (QED) is 0.502. The van der Waals surface area contributed by atoms with Crippen LogP contribution >= 0.6 is 0 Å². The molecule has 0 spiro atoms. The Morgan fingerprint density at radius 1 is 1.31 bits per heavy atom. The fourth-order valence-corrected chi connectivity index (χ4v) is 1.28. The second kappa shape index (κ2) is 3.35. The molecule has 0 unspecified atom stereocenters. The van der Waals surface area contributed by atoms with Crippen LogP contribution in [-0.2, 0) is 0 Å². The molecule has 0 saturated heterocycles. The van der Waals surface area contributed by atoms with Crippen molar-refractivity contribution in [1.29, 1.82) is 0 Å². The maximum atomic E-state index is 5.57. The topological polar surface area (TPSA) is 44.3 Å². The average Bonchev–Trinajstić information content (AvgIpc) is 2.53. The van der Waals surface area contributed by atoms with E-state index in [0.29, 0.717) is 0 Å². The van der Waals surface area contributed by atoms with Crippen LogP contribution in [0.25, 0.3) is 0 Å². The molecule has 4 nitrogen and oxygen atoms in total. The number of nitrogens with one attached hydrogen (secondary N) is 1. The van der Waals surface area contributed by atoms with E-state index in [2.05, 4.69) is 5.43 Å². The van der Waals surface area contributed by atoms with Crippen molar-refractivity contribution in [2.75, 3.05) is 18.5 Å². The summed E-state index contributed by atoms with van der Waals surface area (Å²) in [6.07, 6.45) is 1.85. The third-order valence-corrected chi connectivity index (χ3v) is 1.93. The average molecular weight is 177 g/mol. The van der Waals surface area contributed by atoms with E-state index in [4.69, 9.17) is 5.84 Å². The molecule has 0 saturated carbocycles. The van der Waals surface area contributed by atoms with E-state index in [0.717, 1.165) is 18.8 Å². The van der Waals surface area contributed by atoms with Gasteiger partial charge in [-0.1, -0.05) is 18.2 Å². The number of anilines is 1. The molecule has 0 bridgehead atoms. The lowest BCUT2D eigenvalue weighted by atomic mass is 10.3. The molecule has 68 valence electrons. The van der Waals surface area contributed by atoms with Gasteiger partial charge in [0, 0.05) is 0 Å². The number of nitrogens with zero attached hydrogens (tertiary/aromatic N) is 2. The molecular weight excluding hydrogens is 164 g/mol. The van der Waals surface area contributed by atoms with Crippen LogP contribution in [0.5, 0.6) is 0 Å². The van der Waals surface area contributed by atoms with Crippen LogP contribution in [0.4, 0.5) is 5.69 Å². The van der Waals surface area contributed by atoms with Gasteiger partial charge >= 0.3 is 0 Å². The van der Waals surface area contributed by atoms with Gasteiger partial charge in [-0.2, -0.15) is 9.69 Å². The Morgan fingerprint density at radius 3 is 2.69 bits per heavy atom. The number of hydrogen-bond acceptors (Lipinski definition) is 3. The molecule has 0 amide bonds. The van der Waals surface area contributed by atoms with Crippen LogP contribution < -0.4 is 11.3 Å². The van der Waals surface area contributed by atoms with E-state index >= 15 is 0 Å². The van der Waals surface area contributed by atoms with Crippen LogP contribution in [0, 0.1) is 0 Å². The highest BCUT2D eigenvalue weighted by Gasteiger charge is 2.16. The molecule has 0 fully saturated rings. The number of nitrogens with two attached hydrogens (primary N) is 1. The molecule has 0 aromatic heterocycles. The van der Waals surface area contributed by atoms with Crippen LogP contribution in [0.15, 0.2) is 30.3 Å². The van der Waals surface area contributed by atoms with E-state index in [1.54, 1.807) is 4.68 Å². The highest BCUT2D eigenvalue weighted by atomic mass is 15.6. The Balaban J connectivity index is 2.00. The predicted molar refractivity (Wildman–Crippen MR) is 52.1 cm³/mol. The smallest absolute Gasteiger partial charge is 0.274 e. The second-order valence-electron chi connectivity index (χ2n) is 3.02. The summed E-state index contributed by atoms with van der Waals surface area (Å²) >= 11 is 0. The second-order valence-corrected chi connectivity index (χ2v) is 3.02. The largest absolute Gasteiger partial charge is 0.280 e. The van der Waals surface area contributed by atoms with Crippen LogP contribution in [0.2, 0.25) is 0 Å². The molecule has 2 rings (SSSR count). The van der Waals surface area contributed by atoms with Crippen molar-refractivity contribution in [3.8, 4) is 0 Å². The zero-order valence-electron chi connectivity index (χ0n) is 7.35. The third kappa shape index (κ3) is 1.90. The first-order chi connectivity index (χ1) is 6.34. The number of benzene rings is 1. The van der Waals surface area contributed by atoms with Crippen LogP contribution in [0.1, 0.15) is 0 Å². The molecule has 0 radical (unpaired) electrons. The number of rotatable bonds is 2. The summed E-state index contributed by atoms with van der Waals surface area (Å²) < 4.78 is 1.66. The highest BCUT2D eigenvalue weighted by molar-refractivity contribution is 5.55. The summed E-state index contributed by atoms with van der Waals surface area (Å²) in [5, 5.41) is 1.97. The van der Waals surface area contributed by atoms with Gasteiger partial charge < -0.3 is 0 Å². The van der Waals surface area contributed by atoms with Crippen molar-refractivity contribution in [3.05, 3.63) is 30.3 Å². The first-order valence-electron chi connectivity index (χ1n) is 4.29. The van der Waals surface area contributed by atoms with E-state index in [1.807, 2.05) is 41.7 Å². The fraction of sp³-hybridized carbons (Fsp3) is 0.222. The standard InChI is InChI=1S/C9H13N4/c10-12-6-7-13(8-12)11-9-4-2-1-3-5-9/h1-5,8,11H,6-7,10H2/q+1. The summed E-state index contributed by atoms with van der Waals surface area (Å²) in [7, 11) is 0. The lowest BCUT2D eigenvalue weighted by molar-refractivity contribution is -0.525. The SMILES string of the molecule is N[N+]1=CN(Nc2ccccc2)CC1.